The Morgan fingerprint density at radius 2 is 1.72 bits per heavy atom. The van der Waals surface area contributed by atoms with Crippen molar-refractivity contribution in [3.05, 3.63) is 45.0 Å². The Labute approximate surface area is 115 Å². The molecule has 0 saturated carbocycles. The first-order chi connectivity index (χ1) is 8.30. The molecule has 6 heteroatoms. The smallest absolute Gasteiger partial charge is 0.350 e. The van der Waals surface area contributed by atoms with Crippen LogP contribution in [0.15, 0.2) is 28.7 Å². The number of halogens is 5. The lowest BCUT2D eigenvalue weighted by molar-refractivity contribution is -0.141. The highest BCUT2D eigenvalue weighted by Gasteiger charge is 2.36. The van der Waals surface area contributed by atoms with E-state index in [1.54, 1.807) is 31.2 Å². The van der Waals surface area contributed by atoms with Gasteiger partial charge < -0.3 is 4.98 Å². The second-order valence-corrected chi connectivity index (χ2v) is 5.05. The molecular weight excluding hydrogens is 330 g/mol. The number of hydrogen-bond donors (Lipinski definition) is 1. The molecule has 1 aromatic carbocycles. The van der Waals surface area contributed by atoms with Gasteiger partial charge in [0.2, 0.25) is 0 Å². The molecule has 18 heavy (non-hydrogen) atoms. The first-order valence-electron chi connectivity index (χ1n) is 5.02. The number of rotatable bonds is 1. The van der Waals surface area contributed by atoms with E-state index in [-0.39, 0.29) is 4.47 Å². The molecule has 0 fully saturated rings. The number of aromatic amines is 1. The molecule has 0 atom stereocenters. The maximum absolute atomic E-state index is 12.7. The molecule has 0 unspecified atom stereocenters. The second kappa shape index (κ2) is 4.63. The predicted molar refractivity (Wildman–Crippen MR) is 68.7 cm³/mol. The minimum absolute atomic E-state index is 0.0416. The third-order valence-electron chi connectivity index (χ3n) is 2.59. The van der Waals surface area contributed by atoms with Gasteiger partial charge >= 0.3 is 6.18 Å². The van der Waals surface area contributed by atoms with E-state index >= 15 is 0 Å². The molecule has 0 saturated heterocycles. The largest absolute Gasteiger partial charge is 0.432 e. The lowest BCUT2D eigenvalue weighted by Gasteiger charge is -2.04. The van der Waals surface area contributed by atoms with Crippen LogP contribution in [0.25, 0.3) is 11.3 Å². The van der Waals surface area contributed by atoms with E-state index in [2.05, 4.69) is 20.9 Å². The van der Waals surface area contributed by atoms with Crippen LogP contribution >= 0.6 is 27.5 Å². The molecule has 1 aromatic heterocycles. The highest BCUT2D eigenvalue weighted by atomic mass is 79.9. The van der Waals surface area contributed by atoms with Crippen LogP contribution in [0.1, 0.15) is 11.3 Å². The zero-order valence-corrected chi connectivity index (χ0v) is 11.5. The van der Waals surface area contributed by atoms with Gasteiger partial charge in [-0.25, -0.2) is 0 Å². The number of aromatic nitrogens is 1. The third kappa shape index (κ3) is 2.42. The van der Waals surface area contributed by atoms with E-state index in [0.717, 1.165) is 0 Å². The van der Waals surface area contributed by atoms with Crippen LogP contribution in [0.3, 0.4) is 0 Å². The van der Waals surface area contributed by atoms with Crippen molar-refractivity contribution in [1.82, 2.24) is 4.98 Å². The van der Waals surface area contributed by atoms with Crippen LogP contribution in [0, 0.1) is 6.92 Å². The van der Waals surface area contributed by atoms with Crippen LogP contribution in [-0.4, -0.2) is 4.98 Å². The first kappa shape index (κ1) is 13.5. The normalized spacial score (nSPS) is 11.9. The van der Waals surface area contributed by atoms with Crippen molar-refractivity contribution in [2.24, 2.45) is 0 Å². The molecule has 0 spiro atoms. The lowest BCUT2D eigenvalue weighted by Crippen LogP contribution is -2.06. The Bertz CT molecular complexity index is 572. The SMILES string of the molecule is Cc1c(-c2ccc(Cl)cc2)[nH]c(C(F)(F)F)c1Br. The van der Waals surface area contributed by atoms with Crippen molar-refractivity contribution in [2.75, 3.05) is 0 Å². The van der Waals surface area contributed by atoms with Crippen molar-refractivity contribution in [1.29, 1.82) is 0 Å². The zero-order valence-electron chi connectivity index (χ0n) is 9.20. The van der Waals surface area contributed by atoms with Gasteiger partial charge in [-0.2, -0.15) is 13.2 Å². The van der Waals surface area contributed by atoms with Gasteiger partial charge in [-0.05, 0) is 46.1 Å². The summed E-state index contributed by atoms with van der Waals surface area (Å²) in [4.78, 5) is 2.41. The van der Waals surface area contributed by atoms with E-state index in [1.165, 1.54) is 0 Å². The fraction of sp³-hybridized carbons (Fsp3) is 0.167. The highest BCUT2D eigenvalue weighted by molar-refractivity contribution is 9.10. The van der Waals surface area contributed by atoms with E-state index in [4.69, 9.17) is 11.6 Å². The van der Waals surface area contributed by atoms with Gasteiger partial charge in [-0.1, -0.05) is 23.7 Å². The predicted octanol–water partition coefficient (Wildman–Crippen LogP) is 5.42. The summed E-state index contributed by atoms with van der Waals surface area (Å²) in [5, 5.41) is 0.540. The summed E-state index contributed by atoms with van der Waals surface area (Å²) < 4.78 is 38.3. The Kier molecular flexibility index (Phi) is 3.47. The van der Waals surface area contributed by atoms with Crippen molar-refractivity contribution in [3.8, 4) is 11.3 Å². The van der Waals surface area contributed by atoms with Gasteiger partial charge in [0.05, 0.1) is 4.47 Å². The quantitative estimate of drug-likeness (QED) is 0.714. The molecule has 1 N–H and O–H groups in total. The van der Waals surface area contributed by atoms with Crippen LogP contribution in [0.4, 0.5) is 13.2 Å². The van der Waals surface area contributed by atoms with E-state index in [9.17, 15) is 13.2 Å². The molecule has 1 nitrogen and oxygen atoms in total. The van der Waals surface area contributed by atoms with Gasteiger partial charge in [0, 0.05) is 10.7 Å². The van der Waals surface area contributed by atoms with Crippen LogP contribution in [-0.2, 0) is 6.18 Å². The van der Waals surface area contributed by atoms with Crippen LogP contribution in [0.2, 0.25) is 5.02 Å². The first-order valence-corrected chi connectivity index (χ1v) is 6.19. The Morgan fingerprint density at radius 1 is 1.17 bits per heavy atom. The summed E-state index contributed by atoms with van der Waals surface area (Å²) in [6.07, 6.45) is -4.41. The average molecular weight is 339 g/mol. The second-order valence-electron chi connectivity index (χ2n) is 3.82. The molecule has 96 valence electrons. The maximum Gasteiger partial charge on any atom is 0.432 e. The number of benzene rings is 1. The fourth-order valence-corrected chi connectivity index (χ4v) is 2.32. The maximum atomic E-state index is 12.7. The summed E-state index contributed by atoms with van der Waals surface area (Å²) in [5.41, 5.74) is 0.841. The highest BCUT2D eigenvalue weighted by Crippen LogP contribution is 2.40. The number of hydrogen-bond acceptors (Lipinski definition) is 0. The third-order valence-corrected chi connectivity index (χ3v) is 3.83. The van der Waals surface area contributed by atoms with Crippen LogP contribution in [0.5, 0.6) is 0 Å². The average Bonchev–Trinajstić information content (AvgIpc) is 2.57. The van der Waals surface area contributed by atoms with E-state index in [1.807, 2.05) is 0 Å². The molecule has 1 heterocycles. The number of H-pyrrole nitrogens is 1. The van der Waals surface area contributed by atoms with E-state index in [0.29, 0.717) is 21.8 Å². The summed E-state index contributed by atoms with van der Waals surface area (Å²) in [6.45, 7) is 1.62. The Balaban J connectivity index is 2.56. The summed E-state index contributed by atoms with van der Waals surface area (Å²) in [7, 11) is 0. The summed E-state index contributed by atoms with van der Waals surface area (Å²) >= 11 is 8.72. The number of nitrogens with one attached hydrogen (secondary N) is 1. The zero-order chi connectivity index (χ0) is 13.5. The molecule has 0 aliphatic carbocycles. The summed E-state index contributed by atoms with van der Waals surface area (Å²) in [6, 6.07) is 6.62. The molecule has 0 bridgehead atoms. The molecule has 0 aliphatic rings. The van der Waals surface area contributed by atoms with Crippen molar-refractivity contribution in [2.45, 2.75) is 13.1 Å². The van der Waals surface area contributed by atoms with Crippen LogP contribution < -0.4 is 0 Å². The Hall–Kier alpha value is -0.940. The molecule has 2 aromatic rings. The van der Waals surface area contributed by atoms with Gasteiger partial charge in [-0.3, -0.25) is 0 Å². The Morgan fingerprint density at radius 3 is 2.17 bits per heavy atom. The standard InChI is InChI=1S/C12H8BrClF3N/c1-6-9(13)11(12(15,16)17)18-10(6)7-2-4-8(14)5-3-7/h2-5,18H,1H3. The molecule has 0 aliphatic heterocycles. The lowest BCUT2D eigenvalue weighted by atomic mass is 10.1. The summed E-state index contributed by atoms with van der Waals surface area (Å²) in [5.74, 6) is 0. The van der Waals surface area contributed by atoms with Gasteiger partial charge in [0.1, 0.15) is 5.69 Å². The van der Waals surface area contributed by atoms with Gasteiger partial charge in [-0.15, -0.1) is 0 Å². The molecule has 0 amide bonds. The van der Waals surface area contributed by atoms with E-state index < -0.39 is 11.9 Å². The van der Waals surface area contributed by atoms with Crippen molar-refractivity contribution in [3.63, 3.8) is 0 Å². The fourth-order valence-electron chi connectivity index (χ4n) is 1.67. The van der Waals surface area contributed by atoms with Crippen molar-refractivity contribution >= 4 is 27.5 Å². The molecule has 0 radical (unpaired) electrons. The topological polar surface area (TPSA) is 15.8 Å². The minimum atomic E-state index is -4.41. The molecule has 2 rings (SSSR count). The monoisotopic (exact) mass is 337 g/mol. The van der Waals surface area contributed by atoms with Crippen molar-refractivity contribution < 1.29 is 13.2 Å². The minimum Gasteiger partial charge on any atom is -0.350 e. The van der Waals surface area contributed by atoms with Gasteiger partial charge in [0.15, 0.2) is 0 Å². The van der Waals surface area contributed by atoms with Gasteiger partial charge in [0.25, 0.3) is 0 Å². The molecular formula is C12H8BrClF3N. The number of alkyl halides is 3.